The average Bonchev–Trinajstić information content (AvgIpc) is 2.91. The van der Waals surface area contributed by atoms with Crippen molar-refractivity contribution in [2.75, 3.05) is 11.9 Å². The van der Waals surface area contributed by atoms with E-state index in [4.69, 9.17) is 18.0 Å². The molecule has 0 saturated carbocycles. The third-order valence-corrected chi connectivity index (χ3v) is 4.03. The van der Waals surface area contributed by atoms with Crippen molar-refractivity contribution in [2.45, 2.75) is 12.8 Å². The number of thiocarbonyl (C=S) groups is 1. The van der Waals surface area contributed by atoms with Gasteiger partial charge in [0, 0.05) is 29.6 Å². The maximum Gasteiger partial charge on any atom is 0.150 e. The van der Waals surface area contributed by atoms with Gasteiger partial charge in [-0.05, 0) is 12.1 Å². The molecule has 0 amide bonds. The van der Waals surface area contributed by atoms with Crippen LogP contribution in [0.3, 0.4) is 0 Å². The molecule has 106 valence electrons. The van der Waals surface area contributed by atoms with Crippen molar-refractivity contribution in [3.05, 3.63) is 45.9 Å². The maximum atomic E-state index is 13.8. The number of rotatable bonds is 5. The molecule has 0 aliphatic carbocycles. The molecule has 2 aromatic rings. The Morgan fingerprint density at radius 3 is 2.60 bits per heavy atom. The van der Waals surface area contributed by atoms with E-state index in [1.807, 2.05) is 12.3 Å². The van der Waals surface area contributed by atoms with E-state index < -0.39 is 11.6 Å². The van der Waals surface area contributed by atoms with Crippen molar-refractivity contribution < 1.29 is 8.78 Å². The van der Waals surface area contributed by atoms with Gasteiger partial charge in [-0.2, -0.15) is 0 Å². The van der Waals surface area contributed by atoms with E-state index in [0.717, 1.165) is 17.1 Å². The number of thiazole rings is 1. The van der Waals surface area contributed by atoms with Gasteiger partial charge in [-0.1, -0.05) is 19.1 Å². The summed E-state index contributed by atoms with van der Waals surface area (Å²) in [6, 6.07) is 2.25. The number of hydrogen-bond donors (Lipinski definition) is 2. The van der Waals surface area contributed by atoms with E-state index in [0.29, 0.717) is 6.54 Å². The smallest absolute Gasteiger partial charge is 0.150 e. The second-order valence-corrected chi connectivity index (χ2v) is 5.70. The summed E-state index contributed by atoms with van der Waals surface area (Å²) in [7, 11) is 0. The third kappa shape index (κ3) is 3.29. The van der Waals surface area contributed by atoms with Gasteiger partial charge in [-0.15, -0.1) is 11.3 Å². The first-order valence-corrected chi connectivity index (χ1v) is 7.20. The highest BCUT2D eigenvalue weighted by atomic mass is 32.1. The van der Waals surface area contributed by atoms with Crippen molar-refractivity contribution >= 4 is 34.2 Å². The highest BCUT2D eigenvalue weighted by molar-refractivity contribution is 7.80. The van der Waals surface area contributed by atoms with Crippen LogP contribution in [0.25, 0.3) is 0 Å². The maximum absolute atomic E-state index is 13.8. The zero-order chi connectivity index (χ0) is 14.7. The Kier molecular flexibility index (Phi) is 4.61. The van der Waals surface area contributed by atoms with E-state index in [9.17, 15) is 8.78 Å². The molecule has 0 saturated heterocycles. The molecule has 0 spiro atoms. The molecule has 1 heterocycles. The molecule has 0 bridgehead atoms. The number of nitrogens with two attached hydrogens (primary N) is 1. The van der Waals surface area contributed by atoms with Crippen LogP contribution < -0.4 is 11.1 Å². The average molecular weight is 313 g/mol. The van der Waals surface area contributed by atoms with Crippen molar-refractivity contribution in [2.24, 2.45) is 5.73 Å². The first-order chi connectivity index (χ1) is 9.49. The van der Waals surface area contributed by atoms with Crippen LogP contribution in [0.15, 0.2) is 23.7 Å². The topological polar surface area (TPSA) is 50.9 Å². The number of nitrogens with zero attached hydrogens (tertiary/aromatic N) is 1. The summed E-state index contributed by atoms with van der Waals surface area (Å²) in [5, 5.41) is 5.55. The summed E-state index contributed by atoms with van der Waals surface area (Å²) in [5.41, 5.74) is 5.36. The third-order valence-electron chi connectivity index (χ3n) is 2.78. The molecule has 1 atom stereocenters. The van der Waals surface area contributed by atoms with E-state index in [1.165, 1.54) is 11.3 Å². The molecule has 20 heavy (non-hydrogen) atoms. The molecule has 0 aliphatic heterocycles. The van der Waals surface area contributed by atoms with Crippen LogP contribution >= 0.6 is 23.6 Å². The zero-order valence-electron chi connectivity index (χ0n) is 10.7. The van der Waals surface area contributed by atoms with Crippen molar-refractivity contribution in [3.63, 3.8) is 0 Å². The van der Waals surface area contributed by atoms with Gasteiger partial charge in [0.15, 0.2) is 0 Å². The fourth-order valence-electron chi connectivity index (χ4n) is 1.70. The first-order valence-electron chi connectivity index (χ1n) is 5.91. The van der Waals surface area contributed by atoms with Gasteiger partial charge in [-0.25, -0.2) is 13.8 Å². The highest BCUT2D eigenvalue weighted by Crippen LogP contribution is 2.23. The summed E-state index contributed by atoms with van der Waals surface area (Å²) in [6.07, 6.45) is 1.70. The number of nitrogens with one attached hydrogen (secondary N) is 1. The minimum absolute atomic E-state index is 0.0366. The lowest BCUT2D eigenvalue weighted by Gasteiger charge is -2.13. The quantitative estimate of drug-likeness (QED) is 0.832. The zero-order valence-corrected chi connectivity index (χ0v) is 12.3. The Morgan fingerprint density at radius 1 is 1.45 bits per heavy atom. The van der Waals surface area contributed by atoms with Gasteiger partial charge < -0.3 is 11.1 Å². The first kappa shape index (κ1) is 14.8. The summed E-state index contributed by atoms with van der Waals surface area (Å²) < 4.78 is 27.7. The van der Waals surface area contributed by atoms with E-state index in [2.05, 4.69) is 10.3 Å². The summed E-state index contributed by atoms with van der Waals surface area (Å²) >= 11 is 6.21. The molecule has 7 heteroatoms. The van der Waals surface area contributed by atoms with Gasteiger partial charge in [-0.3, -0.25) is 0 Å². The van der Waals surface area contributed by atoms with Crippen molar-refractivity contribution in [1.82, 2.24) is 4.98 Å². The molecule has 0 aliphatic rings. The lowest BCUT2D eigenvalue weighted by molar-refractivity contribution is 0.586. The van der Waals surface area contributed by atoms with E-state index >= 15 is 0 Å². The fourth-order valence-corrected chi connectivity index (χ4v) is 2.52. The van der Waals surface area contributed by atoms with E-state index in [1.54, 1.807) is 6.20 Å². The molecule has 1 aromatic heterocycles. The SMILES string of the molecule is CC(CNc1c(F)cc(C(N)=S)cc1F)c1nccs1. The molecular weight excluding hydrogens is 300 g/mol. The Balaban J connectivity index is 2.12. The lowest BCUT2D eigenvalue weighted by Crippen LogP contribution is -2.14. The Labute approximate surface area is 124 Å². The number of hydrogen-bond acceptors (Lipinski definition) is 4. The number of benzene rings is 1. The van der Waals surface area contributed by atoms with Gasteiger partial charge in [0.25, 0.3) is 0 Å². The molecule has 1 unspecified atom stereocenters. The molecule has 0 radical (unpaired) electrons. The minimum Gasteiger partial charge on any atom is -0.389 e. The van der Waals surface area contributed by atoms with Crippen LogP contribution in [-0.2, 0) is 0 Å². The number of anilines is 1. The predicted molar refractivity (Wildman–Crippen MR) is 81.3 cm³/mol. The summed E-state index contributed by atoms with van der Waals surface area (Å²) in [6.45, 7) is 2.32. The monoisotopic (exact) mass is 313 g/mol. The molecule has 3 N–H and O–H groups in total. The Hall–Kier alpha value is -1.60. The van der Waals surface area contributed by atoms with Crippen LogP contribution in [0.5, 0.6) is 0 Å². The van der Waals surface area contributed by atoms with Crippen LogP contribution in [0.4, 0.5) is 14.5 Å². The predicted octanol–water partition coefficient (Wildman–Crippen LogP) is 3.27. The van der Waals surface area contributed by atoms with Gasteiger partial charge in [0.05, 0.1) is 5.01 Å². The second kappa shape index (κ2) is 6.23. The molecule has 2 rings (SSSR count). The lowest BCUT2D eigenvalue weighted by atomic mass is 10.1. The van der Waals surface area contributed by atoms with Crippen LogP contribution in [0.1, 0.15) is 23.4 Å². The molecule has 0 fully saturated rings. The van der Waals surface area contributed by atoms with Crippen molar-refractivity contribution in [3.8, 4) is 0 Å². The van der Waals surface area contributed by atoms with Gasteiger partial charge in [0.2, 0.25) is 0 Å². The minimum atomic E-state index is -0.709. The number of halogens is 2. The normalized spacial score (nSPS) is 12.2. The van der Waals surface area contributed by atoms with Crippen LogP contribution in [-0.4, -0.2) is 16.5 Å². The number of aromatic nitrogens is 1. The molecular formula is C13H13F2N3S2. The Morgan fingerprint density at radius 2 is 2.10 bits per heavy atom. The standard InChI is InChI=1S/C13H13F2N3S2/c1-7(13-17-2-3-20-13)6-18-11-9(14)4-8(12(16)19)5-10(11)15/h2-5,7,18H,6H2,1H3,(H2,16,19). The fraction of sp³-hybridized carbons (Fsp3) is 0.231. The summed E-state index contributed by atoms with van der Waals surface area (Å²) in [4.78, 5) is 4.13. The largest absolute Gasteiger partial charge is 0.389 e. The summed E-state index contributed by atoms with van der Waals surface area (Å²) in [5.74, 6) is -1.36. The van der Waals surface area contributed by atoms with Crippen LogP contribution in [0, 0.1) is 11.6 Å². The second-order valence-electron chi connectivity index (χ2n) is 4.33. The highest BCUT2D eigenvalue weighted by Gasteiger charge is 2.14. The van der Waals surface area contributed by atoms with Crippen molar-refractivity contribution in [1.29, 1.82) is 0 Å². The van der Waals surface area contributed by atoms with E-state index in [-0.39, 0.29) is 22.2 Å². The van der Waals surface area contributed by atoms with Gasteiger partial charge in [0.1, 0.15) is 22.3 Å². The van der Waals surface area contributed by atoms with Gasteiger partial charge >= 0.3 is 0 Å². The molecule has 1 aromatic carbocycles. The van der Waals surface area contributed by atoms with Crippen LogP contribution in [0.2, 0.25) is 0 Å². The molecule has 3 nitrogen and oxygen atoms in total. The Bertz CT molecular complexity index is 591.